The molecule has 0 saturated heterocycles. The molecule has 1 fully saturated rings. The third kappa shape index (κ3) is 3.42. The van der Waals surface area contributed by atoms with E-state index in [-0.39, 0.29) is 6.10 Å². The van der Waals surface area contributed by atoms with E-state index in [1.54, 1.807) is 0 Å². The van der Waals surface area contributed by atoms with Crippen LogP contribution in [0.25, 0.3) is 0 Å². The Kier molecular flexibility index (Phi) is 4.13. The van der Waals surface area contributed by atoms with Crippen LogP contribution in [-0.2, 0) is 16.1 Å². The van der Waals surface area contributed by atoms with Crippen LogP contribution in [0.3, 0.4) is 0 Å². The van der Waals surface area contributed by atoms with E-state index in [1.165, 1.54) is 0 Å². The Morgan fingerprint density at radius 2 is 2.31 bits per heavy atom. The first kappa shape index (κ1) is 11.8. The summed E-state index contributed by atoms with van der Waals surface area (Å²) in [6, 6.07) is 8.07. The topological polar surface area (TPSA) is 26.3 Å². The molecule has 1 atom stereocenters. The lowest BCUT2D eigenvalue weighted by Gasteiger charge is -2.21. The van der Waals surface area contributed by atoms with E-state index in [9.17, 15) is 4.79 Å². The third-order valence-electron chi connectivity index (χ3n) is 2.81. The van der Waals surface area contributed by atoms with Gasteiger partial charge < -0.3 is 4.74 Å². The van der Waals surface area contributed by atoms with E-state index in [2.05, 4.69) is 15.9 Å². The molecule has 0 aromatic heterocycles. The highest BCUT2D eigenvalue weighted by atomic mass is 79.9. The number of hydrogen-bond acceptors (Lipinski definition) is 2. The van der Waals surface area contributed by atoms with Crippen LogP contribution in [0.4, 0.5) is 0 Å². The normalized spacial score (nSPS) is 21.1. The smallest absolute Gasteiger partial charge is 0.135 e. The van der Waals surface area contributed by atoms with Gasteiger partial charge in [-0.2, -0.15) is 0 Å². The van der Waals surface area contributed by atoms with Gasteiger partial charge in [0.2, 0.25) is 0 Å². The van der Waals surface area contributed by atoms with E-state index in [0.717, 1.165) is 29.3 Å². The molecule has 2 nitrogen and oxygen atoms in total. The summed E-state index contributed by atoms with van der Waals surface area (Å²) in [4.78, 5) is 11.3. The maximum Gasteiger partial charge on any atom is 0.135 e. The highest BCUT2D eigenvalue weighted by Crippen LogP contribution is 2.20. The molecule has 1 aliphatic carbocycles. The number of hydrogen-bond donors (Lipinski definition) is 0. The van der Waals surface area contributed by atoms with E-state index in [0.29, 0.717) is 18.8 Å². The summed E-state index contributed by atoms with van der Waals surface area (Å²) in [5, 5.41) is 0. The average Bonchev–Trinajstić information content (AvgIpc) is 2.27. The summed E-state index contributed by atoms with van der Waals surface area (Å²) in [6.45, 7) is 0.595. The van der Waals surface area contributed by atoms with Gasteiger partial charge in [-0.05, 0) is 30.5 Å². The zero-order valence-corrected chi connectivity index (χ0v) is 10.7. The molecule has 1 saturated carbocycles. The fourth-order valence-corrected chi connectivity index (χ4v) is 2.41. The minimum absolute atomic E-state index is 0.125. The number of carbonyl (C=O) groups is 1. The zero-order chi connectivity index (χ0) is 11.4. The maximum atomic E-state index is 11.3. The Morgan fingerprint density at radius 1 is 1.44 bits per heavy atom. The van der Waals surface area contributed by atoms with Crippen LogP contribution < -0.4 is 0 Å². The Labute approximate surface area is 104 Å². The van der Waals surface area contributed by atoms with E-state index >= 15 is 0 Å². The first-order chi connectivity index (χ1) is 7.74. The summed E-state index contributed by atoms with van der Waals surface area (Å²) in [6.07, 6.45) is 3.44. The first-order valence-corrected chi connectivity index (χ1v) is 6.41. The molecule has 0 spiro atoms. The minimum Gasteiger partial charge on any atom is -0.373 e. The predicted molar refractivity (Wildman–Crippen MR) is 66.2 cm³/mol. The van der Waals surface area contributed by atoms with Crippen LogP contribution in [-0.4, -0.2) is 11.9 Å². The molecule has 3 heteroatoms. The van der Waals surface area contributed by atoms with Crippen molar-refractivity contribution in [3.8, 4) is 0 Å². The van der Waals surface area contributed by atoms with Crippen molar-refractivity contribution >= 4 is 21.7 Å². The van der Waals surface area contributed by atoms with Crippen molar-refractivity contribution in [1.29, 1.82) is 0 Å². The quantitative estimate of drug-likeness (QED) is 0.849. The largest absolute Gasteiger partial charge is 0.373 e. The number of carbonyl (C=O) groups excluding carboxylic acids is 1. The highest BCUT2D eigenvalue weighted by Gasteiger charge is 2.19. The number of rotatable bonds is 3. The lowest BCUT2D eigenvalue weighted by atomic mass is 9.96. The third-order valence-corrected chi connectivity index (χ3v) is 3.31. The lowest BCUT2D eigenvalue weighted by molar-refractivity contribution is -0.124. The molecular weight excluding hydrogens is 268 g/mol. The van der Waals surface area contributed by atoms with E-state index in [4.69, 9.17) is 4.74 Å². The van der Waals surface area contributed by atoms with Crippen molar-refractivity contribution in [1.82, 2.24) is 0 Å². The van der Waals surface area contributed by atoms with Gasteiger partial charge in [0.1, 0.15) is 5.78 Å². The van der Waals surface area contributed by atoms with Gasteiger partial charge in [-0.1, -0.05) is 28.1 Å². The van der Waals surface area contributed by atoms with Crippen LogP contribution in [0.1, 0.15) is 31.2 Å². The molecule has 0 bridgehead atoms. The molecule has 0 N–H and O–H groups in total. The SMILES string of the molecule is O=C1CCCC(OCc2cccc(Br)c2)C1. The molecule has 1 aromatic carbocycles. The van der Waals surface area contributed by atoms with Gasteiger partial charge in [0.05, 0.1) is 12.7 Å². The second-order valence-corrected chi connectivity index (χ2v) is 5.11. The Balaban J connectivity index is 1.85. The second-order valence-electron chi connectivity index (χ2n) is 4.20. The fourth-order valence-electron chi connectivity index (χ4n) is 1.97. The van der Waals surface area contributed by atoms with E-state index < -0.39 is 0 Å². The number of benzene rings is 1. The Bertz CT molecular complexity index is 376. The molecule has 86 valence electrons. The summed E-state index contributed by atoms with van der Waals surface area (Å²) >= 11 is 3.43. The van der Waals surface area contributed by atoms with Gasteiger partial charge in [-0.3, -0.25) is 4.79 Å². The monoisotopic (exact) mass is 282 g/mol. The number of ketones is 1. The van der Waals surface area contributed by atoms with Gasteiger partial charge >= 0.3 is 0 Å². The van der Waals surface area contributed by atoms with Crippen molar-refractivity contribution in [2.24, 2.45) is 0 Å². The first-order valence-electron chi connectivity index (χ1n) is 5.62. The van der Waals surface area contributed by atoms with Gasteiger partial charge in [0.25, 0.3) is 0 Å². The standard InChI is InChI=1S/C13H15BrO2/c14-11-4-1-3-10(7-11)9-16-13-6-2-5-12(15)8-13/h1,3-4,7,13H,2,5-6,8-9H2. The van der Waals surface area contributed by atoms with Crippen molar-refractivity contribution in [3.05, 3.63) is 34.3 Å². The molecule has 0 radical (unpaired) electrons. The lowest BCUT2D eigenvalue weighted by Crippen LogP contribution is -2.22. The number of halogens is 1. The van der Waals surface area contributed by atoms with Crippen LogP contribution in [0.5, 0.6) is 0 Å². The molecule has 0 heterocycles. The maximum absolute atomic E-state index is 11.3. The molecule has 1 unspecified atom stereocenters. The van der Waals surface area contributed by atoms with Crippen LogP contribution in [0, 0.1) is 0 Å². The van der Waals surface area contributed by atoms with Gasteiger partial charge in [0, 0.05) is 17.3 Å². The van der Waals surface area contributed by atoms with E-state index in [1.807, 2.05) is 24.3 Å². The van der Waals surface area contributed by atoms with Crippen LogP contribution in [0.2, 0.25) is 0 Å². The second kappa shape index (κ2) is 5.60. The van der Waals surface area contributed by atoms with Gasteiger partial charge in [0.15, 0.2) is 0 Å². The summed E-state index contributed by atoms with van der Waals surface area (Å²) in [5.41, 5.74) is 1.15. The summed E-state index contributed by atoms with van der Waals surface area (Å²) in [5.74, 6) is 0.338. The van der Waals surface area contributed by atoms with Crippen molar-refractivity contribution in [2.45, 2.75) is 38.4 Å². The molecule has 2 rings (SSSR count). The van der Waals surface area contributed by atoms with Crippen molar-refractivity contribution in [3.63, 3.8) is 0 Å². The molecule has 0 amide bonds. The minimum atomic E-state index is 0.125. The molecule has 1 aromatic rings. The summed E-state index contributed by atoms with van der Waals surface area (Å²) < 4.78 is 6.82. The summed E-state index contributed by atoms with van der Waals surface area (Å²) in [7, 11) is 0. The number of ether oxygens (including phenoxy) is 1. The highest BCUT2D eigenvalue weighted by molar-refractivity contribution is 9.10. The van der Waals surface area contributed by atoms with Crippen molar-refractivity contribution < 1.29 is 9.53 Å². The zero-order valence-electron chi connectivity index (χ0n) is 9.12. The Morgan fingerprint density at radius 3 is 3.06 bits per heavy atom. The van der Waals surface area contributed by atoms with Gasteiger partial charge in [-0.25, -0.2) is 0 Å². The Hall–Kier alpha value is -0.670. The predicted octanol–water partition coefficient (Wildman–Crippen LogP) is 3.48. The molecular formula is C13H15BrO2. The number of Topliss-reactive ketones (excluding diaryl/α,β-unsaturated/α-hetero) is 1. The average molecular weight is 283 g/mol. The van der Waals surface area contributed by atoms with Crippen LogP contribution in [0.15, 0.2) is 28.7 Å². The molecule has 0 aliphatic heterocycles. The molecule has 16 heavy (non-hydrogen) atoms. The molecule has 1 aliphatic rings. The van der Waals surface area contributed by atoms with Crippen molar-refractivity contribution in [2.75, 3.05) is 0 Å². The fraction of sp³-hybridized carbons (Fsp3) is 0.462. The van der Waals surface area contributed by atoms with Crippen LogP contribution >= 0.6 is 15.9 Å². The van der Waals surface area contributed by atoms with Gasteiger partial charge in [-0.15, -0.1) is 0 Å².